The number of amides is 1. The molecule has 2 saturated heterocycles. The second-order valence-corrected chi connectivity index (χ2v) is 5.23. The van der Waals surface area contributed by atoms with E-state index in [1.807, 2.05) is 0 Å². The summed E-state index contributed by atoms with van der Waals surface area (Å²) in [5.41, 5.74) is 0. The van der Waals surface area contributed by atoms with Crippen LogP contribution in [0.1, 0.15) is 32.1 Å². The van der Waals surface area contributed by atoms with Crippen molar-refractivity contribution in [2.45, 2.75) is 44.2 Å². The lowest BCUT2D eigenvalue weighted by Crippen LogP contribution is -2.47. The second kappa shape index (κ2) is 5.83. The van der Waals surface area contributed by atoms with E-state index in [1.165, 1.54) is 25.8 Å². The zero-order valence-corrected chi connectivity index (χ0v) is 11.0. The van der Waals surface area contributed by atoms with Crippen LogP contribution in [0.2, 0.25) is 0 Å². The van der Waals surface area contributed by atoms with Gasteiger partial charge in [-0.15, -0.1) is 0 Å². The summed E-state index contributed by atoms with van der Waals surface area (Å²) in [5.74, 6) is 0.273. The molecule has 0 radical (unpaired) electrons. The second-order valence-electron chi connectivity index (χ2n) is 5.23. The minimum Gasteiger partial charge on any atom is -0.384 e. The SMILES string of the molecule is COCCC(=O)N1CCC[C@@H]1[C@H]1CCCN1C. The van der Waals surface area contributed by atoms with E-state index in [4.69, 9.17) is 4.74 Å². The quantitative estimate of drug-likeness (QED) is 0.738. The Morgan fingerprint density at radius 2 is 1.94 bits per heavy atom. The number of likely N-dealkylation sites (tertiary alicyclic amines) is 2. The van der Waals surface area contributed by atoms with Crippen molar-refractivity contribution in [3.8, 4) is 0 Å². The molecule has 0 unspecified atom stereocenters. The van der Waals surface area contributed by atoms with Gasteiger partial charge in [-0.25, -0.2) is 0 Å². The lowest BCUT2D eigenvalue weighted by Gasteiger charge is -2.33. The number of rotatable bonds is 4. The molecule has 4 nitrogen and oxygen atoms in total. The maximum absolute atomic E-state index is 12.1. The fraction of sp³-hybridized carbons (Fsp3) is 0.923. The molecule has 0 aliphatic carbocycles. The molecule has 2 heterocycles. The van der Waals surface area contributed by atoms with E-state index in [0.717, 1.165) is 13.0 Å². The number of carbonyl (C=O) groups is 1. The number of methoxy groups -OCH3 is 1. The number of nitrogens with zero attached hydrogens (tertiary/aromatic N) is 2. The van der Waals surface area contributed by atoms with Gasteiger partial charge in [0.2, 0.25) is 5.91 Å². The molecule has 0 aromatic heterocycles. The third-order valence-electron chi connectivity index (χ3n) is 4.16. The van der Waals surface area contributed by atoms with Crippen LogP contribution in [-0.4, -0.2) is 61.6 Å². The fourth-order valence-electron chi connectivity index (χ4n) is 3.26. The van der Waals surface area contributed by atoms with Crippen LogP contribution in [-0.2, 0) is 9.53 Å². The summed E-state index contributed by atoms with van der Waals surface area (Å²) < 4.78 is 5.00. The van der Waals surface area contributed by atoms with Gasteiger partial charge in [0.25, 0.3) is 0 Å². The number of likely N-dealkylation sites (N-methyl/N-ethyl adjacent to an activating group) is 1. The van der Waals surface area contributed by atoms with Crippen LogP contribution in [0.15, 0.2) is 0 Å². The largest absolute Gasteiger partial charge is 0.384 e. The Labute approximate surface area is 104 Å². The molecule has 2 fully saturated rings. The van der Waals surface area contributed by atoms with Gasteiger partial charge >= 0.3 is 0 Å². The summed E-state index contributed by atoms with van der Waals surface area (Å²) in [7, 11) is 3.84. The van der Waals surface area contributed by atoms with Crippen molar-refractivity contribution in [2.75, 3.05) is 33.9 Å². The van der Waals surface area contributed by atoms with Gasteiger partial charge in [-0.2, -0.15) is 0 Å². The van der Waals surface area contributed by atoms with Crippen molar-refractivity contribution in [3.63, 3.8) is 0 Å². The Morgan fingerprint density at radius 3 is 2.59 bits per heavy atom. The highest BCUT2D eigenvalue weighted by molar-refractivity contribution is 5.77. The van der Waals surface area contributed by atoms with Crippen molar-refractivity contribution < 1.29 is 9.53 Å². The summed E-state index contributed by atoms with van der Waals surface area (Å²) in [6.45, 7) is 2.67. The molecule has 0 saturated carbocycles. The average molecular weight is 240 g/mol. The molecule has 0 aromatic rings. The molecule has 4 heteroatoms. The van der Waals surface area contributed by atoms with Gasteiger partial charge in [0.15, 0.2) is 0 Å². The molecule has 0 spiro atoms. The summed E-state index contributed by atoms with van der Waals surface area (Å²) >= 11 is 0. The first-order valence-electron chi connectivity index (χ1n) is 6.72. The number of hydrogen-bond acceptors (Lipinski definition) is 3. The van der Waals surface area contributed by atoms with E-state index < -0.39 is 0 Å². The van der Waals surface area contributed by atoms with Gasteiger partial charge in [0.05, 0.1) is 13.0 Å². The summed E-state index contributed by atoms with van der Waals surface area (Å²) in [4.78, 5) is 16.6. The summed E-state index contributed by atoms with van der Waals surface area (Å²) in [5, 5.41) is 0. The number of carbonyl (C=O) groups excluding carboxylic acids is 1. The first-order valence-corrected chi connectivity index (χ1v) is 6.72. The zero-order valence-electron chi connectivity index (χ0n) is 11.0. The van der Waals surface area contributed by atoms with Gasteiger partial charge in [0, 0.05) is 25.7 Å². The molecule has 2 aliphatic heterocycles. The van der Waals surface area contributed by atoms with Crippen LogP contribution >= 0.6 is 0 Å². The van der Waals surface area contributed by atoms with Crippen LogP contribution in [0.5, 0.6) is 0 Å². The van der Waals surface area contributed by atoms with Gasteiger partial charge in [-0.3, -0.25) is 4.79 Å². The van der Waals surface area contributed by atoms with Crippen LogP contribution in [0.25, 0.3) is 0 Å². The molecule has 2 aliphatic rings. The molecular formula is C13H24N2O2. The van der Waals surface area contributed by atoms with E-state index in [1.54, 1.807) is 7.11 Å². The Bertz CT molecular complexity index is 270. The smallest absolute Gasteiger partial charge is 0.225 e. The van der Waals surface area contributed by atoms with E-state index >= 15 is 0 Å². The predicted molar refractivity (Wildman–Crippen MR) is 66.9 cm³/mol. The van der Waals surface area contributed by atoms with Crippen LogP contribution in [0.4, 0.5) is 0 Å². The van der Waals surface area contributed by atoms with Gasteiger partial charge < -0.3 is 14.5 Å². The van der Waals surface area contributed by atoms with Crippen molar-refractivity contribution in [3.05, 3.63) is 0 Å². The number of hydrogen-bond donors (Lipinski definition) is 0. The molecular weight excluding hydrogens is 216 g/mol. The molecule has 98 valence electrons. The van der Waals surface area contributed by atoms with Crippen molar-refractivity contribution >= 4 is 5.91 Å². The summed E-state index contributed by atoms with van der Waals surface area (Å²) in [6, 6.07) is 1.04. The normalized spacial score (nSPS) is 30.1. The minimum atomic E-state index is 0.273. The predicted octanol–water partition coefficient (Wildman–Crippen LogP) is 1.11. The topological polar surface area (TPSA) is 32.8 Å². The third-order valence-corrected chi connectivity index (χ3v) is 4.16. The van der Waals surface area contributed by atoms with E-state index in [2.05, 4.69) is 16.8 Å². The average Bonchev–Trinajstić information content (AvgIpc) is 2.93. The highest BCUT2D eigenvalue weighted by Gasteiger charge is 2.37. The highest BCUT2D eigenvalue weighted by atomic mass is 16.5. The van der Waals surface area contributed by atoms with Crippen molar-refractivity contribution in [1.29, 1.82) is 0 Å². The maximum atomic E-state index is 12.1. The molecule has 2 rings (SSSR count). The first kappa shape index (κ1) is 12.8. The highest BCUT2D eigenvalue weighted by Crippen LogP contribution is 2.29. The Morgan fingerprint density at radius 1 is 1.24 bits per heavy atom. The molecule has 0 N–H and O–H groups in total. The van der Waals surface area contributed by atoms with Gasteiger partial charge in [-0.05, 0) is 39.3 Å². The van der Waals surface area contributed by atoms with Crippen LogP contribution < -0.4 is 0 Å². The van der Waals surface area contributed by atoms with Crippen molar-refractivity contribution in [2.24, 2.45) is 0 Å². The van der Waals surface area contributed by atoms with E-state index in [9.17, 15) is 4.79 Å². The molecule has 0 bridgehead atoms. The van der Waals surface area contributed by atoms with E-state index in [-0.39, 0.29) is 5.91 Å². The first-order chi connectivity index (χ1) is 8.24. The van der Waals surface area contributed by atoms with Gasteiger partial charge in [0.1, 0.15) is 0 Å². The minimum absolute atomic E-state index is 0.273. The van der Waals surface area contributed by atoms with Crippen molar-refractivity contribution in [1.82, 2.24) is 9.80 Å². The Balaban J connectivity index is 1.94. The van der Waals surface area contributed by atoms with Crippen LogP contribution in [0, 0.1) is 0 Å². The monoisotopic (exact) mass is 240 g/mol. The molecule has 17 heavy (non-hydrogen) atoms. The third kappa shape index (κ3) is 2.80. The summed E-state index contributed by atoms with van der Waals surface area (Å²) in [6.07, 6.45) is 5.39. The van der Waals surface area contributed by atoms with E-state index in [0.29, 0.717) is 25.1 Å². The molecule has 2 atom stereocenters. The molecule has 1 amide bonds. The van der Waals surface area contributed by atoms with Crippen LogP contribution in [0.3, 0.4) is 0 Å². The maximum Gasteiger partial charge on any atom is 0.225 e. The Kier molecular flexibility index (Phi) is 4.40. The standard InChI is InChI=1S/C13H24N2O2/c1-14-8-3-5-11(14)12-6-4-9-15(12)13(16)7-10-17-2/h11-12H,3-10H2,1-2H3/t11-,12-/m1/s1. The Hall–Kier alpha value is -0.610. The lowest BCUT2D eigenvalue weighted by atomic mass is 10.0. The molecule has 0 aromatic carbocycles. The van der Waals surface area contributed by atoms with Gasteiger partial charge in [-0.1, -0.05) is 0 Å². The number of ether oxygens (including phenoxy) is 1. The fourth-order valence-corrected chi connectivity index (χ4v) is 3.26. The lowest BCUT2D eigenvalue weighted by molar-refractivity contribution is -0.133. The zero-order chi connectivity index (χ0) is 12.3.